The number of benzene rings is 2. The number of urea groups is 1. The zero-order valence-electron chi connectivity index (χ0n) is 17.3. The number of esters is 1. The summed E-state index contributed by atoms with van der Waals surface area (Å²) in [4.78, 5) is 26.8. The molecule has 2 aromatic carbocycles. The summed E-state index contributed by atoms with van der Waals surface area (Å²) in [6.07, 6.45) is 0.864. The van der Waals surface area contributed by atoms with Gasteiger partial charge >= 0.3 is 12.0 Å². The molecule has 3 rings (SSSR count). The minimum atomic E-state index is -0.770. The third kappa shape index (κ3) is 4.62. The number of aryl methyl sites for hydroxylation is 1. The fraction of sp³-hybridized carbons (Fsp3) is 0.304. The maximum Gasteiger partial charge on any atom is 0.338 e. The number of amides is 2. The highest BCUT2D eigenvalue weighted by molar-refractivity contribution is 5.95. The summed E-state index contributed by atoms with van der Waals surface area (Å²) in [6, 6.07) is 12.1. The van der Waals surface area contributed by atoms with Crippen LogP contribution >= 0.6 is 0 Å². The number of carbonyl (C=O) groups is 2. The summed E-state index contributed by atoms with van der Waals surface area (Å²) in [5.74, 6) is -0.318. The Balaban J connectivity index is 2.01. The predicted octanol–water partition coefficient (Wildman–Crippen LogP) is 3.98. The molecule has 1 aliphatic heterocycles. The summed E-state index contributed by atoms with van der Waals surface area (Å²) >= 11 is 0. The van der Waals surface area contributed by atoms with Gasteiger partial charge in [0.05, 0.1) is 23.9 Å². The van der Waals surface area contributed by atoms with Crippen LogP contribution in [0.3, 0.4) is 0 Å². The van der Waals surface area contributed by atoms with Gasteiger partial charge in [-0.3, -0.25) is 4.90 Å². The summed E-state index contributed by atoms with van der Waals surface area (Å²) < 4.78 is 24.6. The SMILES string of the molecule is CCOC(=O)C1=C(COc2cccc(CC)c2)N(C)C(=O)N[C@H]1c1ccc(F)cc1. The van der Waals surface area contributed by atoms with Crippen molar-refractivity contribution in [1.29, 1.82) is 0 Å². The summed E-state index contributed by atoms with van der Waals surface area (Å²) in [7, 11) is 1.57. The second kappa shape index (κ2) is 9.43. The van der Waals surface area contributed by atoms with Crippen LogP contribution in [0.25, 0.3) is 0 Å². The number of ether oxygens (including phenoxy) is 2. The van der Waals surface area contributed by atoms with Crippen LogP contribution in [0.4, 0.5) is 9.18 Å². The Morgan fingerprint density at radius 3 is 2.57 bits per heavy atom. The van der Waals surface area contributed by atoms with Crippen molar-refractivity contribution in [3.05, 3.63) is 76.7 Å². The average molecular weight is 412 g/mol. The Labute approximate surface area is 175 Å². The van der Waals surface area contributed by atoms with Gasteiger partial charge in [0.2, 0.25) is 0 Å². The number of nitrogens with zero attached hydrogens (tertiary/aromatic N) is 1. The molecule has 7 heteroatoms. The van der Waals surface area contributed by atoms with Gasteiger partial charge in [0, 0.05) is 7.05 Å². The highest BCUT2D eigenvalue weighted by Crippen LogP contribution is 2.31. The zero-order chi connectivity index (χ0) is 21.7. The standard InChI is InChI=1S/C23H25FN2O4/c1-4-15-7-6-8-18(13-15)30-14-19-20(22(27)29-5-2)21(25-23(28)26(19)3)16-9-11-17(24)12-10-16/h6-13,21H,4-5,14H2,1-3H3,(H,25,28)/t21-/m0/s1. The van der Waals surface area contributed by atoms with Crippen molar-refractivity contribution >= 4 is 12.0 Å². The monoisotopic (exact) mass is 412 g/mol. The van der Waals surface area contributed by atoms with E-state index in [4.69, 9.17) is 9.47 Å². The van der Waals surface area contributed by atoms with Crippen LogP contribution in [0.1, 0.15) is 31.0 Å². The summed E-state index contributed by atoms with van der Waals surface area (Å²) in [5, 5.41) is 2.79. The van der Waals surface area contributed by atoms with E-state index in [-0.39, 0.29) is 18.8 Å². The van der Waals surface area contributed by atoms with E-state index in [2.05, 4.69) is 5.32 Å². The Hall–Kier alpha value is -3.35. The largest absolute Gasteiger partial charge is 0.487 e. The lowest BCUT2D eigenvalue weighted by molar-refractivity contribution is -0.139. The van der Waals surface area contributed by atoms with Gasteiger partial charge in [0.15, 0.2) is 0 Å². The van der Waals surface area contributed by atoms with Crippen molar-refractivity contribution in [2.24, 2.45) is 0 Å². The normalized spacial score (nSPS) is 16.3. The predicted molar refractivity (Wildman–Crippen MR) is 110 cm³/mol. The molecule has 0 saturated heterocycles. The molecule has 30 heavy (non-hydrogen) atoms. The van der Waals surface area contributed by atoms with E-state index in [1.807, 2.05) is 31.2 Å². The van der Waals surface area contributed by atoms with Crippen LogP contribution in [0.2, 0.25) is 0 Å². The molecule has 0 spiro atoms. The smallest absolute Gasteiger partial charge is 0.338 e. The van der Waals surface area contributed by atoms with Gasteiger partial charge < -0.3 is 14.8 Å². The summed E-state index contributed by atoms with van der Waals surface area (Å²) in [6.45, 7) is 3.95. The van der Waals surface area contributed by atoms with Crippen LogP contribution in [-0.4, -0.2) is 37.2 Å². The van der Waals surface area contributed by atoms with E-state index < -0.39 is 23.9 Å². The second-order valence-corrected chi connectivity index (χ2v) is 6.86. The third-order valence-corrected chi connectivity index (χ3v) is 4.96. The van der Waals surface area contributed by atoms with Crippen LogP contribution < -0.4 is 10.1 Å². The van der Waals surface area contributed by atoms with E-state index in [0.717, 1.165) is 12.0 Å². The second-order valence-electron chi connectivity index (χ2n) is 6.86. The van der Waals surface area contributed by atoms with Crippen LogP contribution in [0.15, 0.2) is 59.8 Å². The van der Waals surface area contributed by atoms with Crippen LogP contribution in [-0.2, 0) is 16.0 Å². The van der Waals surface area contributed by atoms with E-state index in [9.17, 15) is 14.0 Å². The fourth-order valence-corrected chi connectivity index (χ4v) is 3.29. The van der Waals surface area contributed by atoms with E-state index in [1.54, 1.807) is 14.0 Å². The van der Waals surface area contributed by atoms with Crippen molar-refractivity contribution in [1.82, 2.24) is 10.2 Å². The molecule has 2 aromatic rings. The van der Waals surface area contributed by atoms with Gasteiger partial charge in [0.25, 0.3) is 0 Å². The lowest BCUT2D eigenvalue weighted by Crippen LogP contribution is -2.48. The van der Waals surface area contributed by atoms with E-state index in [0.29, 0.717) is 17.0 Å². The molecular weight excluding hydrogens is 387 g/mol. The van der Waals surface area contributed by atoms with Crippen molar-refractivity contribution in [3.63, 3.8) is 0 Å². The van der Waals surface area contributed by atoms with Gasteiger partial charge in [-0.1, -0.05) is 31.2 Å². The maximum absolute atomic E-state index is 13.4. The topological polar surface area (TPSA) is 67.9 Å². The molecule has 0 bridgehead atoms. The Morgan fingerprint density at radius 2 is 1.90 bits per heavy atom. The Bertz CT molecular complexity index is 956. The van der Waals surface area contributed by atoms with E-state index in [1.165, 1.54) is 29.2 Å². The number of carbonyl (C=O) groups excluding carboxylic acids is 2. The molecule has 6 nitrogen and oxygen atoms in total. The molecule has 0 aromatic heterocycles. The molecular formula is C23H25FN2O4. The van der Waals surface area contributed by atoms with Crippen molar-refractivity contribution in [2.45, 2.75) is 26.3 Å². The first kappa shape index (κ1) is 21.4. The highest BCUT2D eigenvalue weighted by atomic mass is 19.1. The molecule has 0 radical (unpaired) electrons. The molecule has 1 heterocycles. The molecule has 2 amide bonds. The third-order valence-electron chi connectivity index (χ3n) is 4.96. The van der Waals surface area contributed by atoms with Crippen molar-refractivity contribution in [3.8, 4) is 5.75 Å². The molecule has 1 atom stereocenters. The van der Waals surface area contributed by atoms with Gasteiger partial charge in [0.1, 0.15) is 18.2 Å². The fourth-order valence-electron chi connectivity index (χ4n) is 3.29. The number of likely N-dealkylation sites (N-methyl/N-ethyl adjacent to an activating group) is 1. The van der Waals surface area contributed by atoms with Gasteiger partial charge in [-0.2, -0.15) is 0 Å². The number of nitrogens with one attached hydrogen (secondary N) is 1. The number of rotatable bonds is 7. The van der Waals surface area contributed by atoms with Gasteiger partial charge in [-0.15, -0.1) is 0 Å². The molecule has 1 aliphatic rings. The first-order valence-corrected chi connectivity index (χ1v) is 9.86. The molecule has 0 fully saturated rings. The molecule has 0 saturated carbocycles. The minimum absolute atomic E-state index is 0.00291. The Kier molecular flexibility index (Phi) is 6.72. The maximum atomic E-state index is 13.4. The number of hydrogen-bond donors (Lipinski definition) is 1. The average Bonchev–Trinajstić information content (AvgIpc) is 2.75. The summed E-state index contributed by atoms with van der Waals surface area (Å²) in [5.41, 5.74) is 2.35. The van der Waals surface area contributed by atoms with Crippen molar-refractivity contribution in [2.75, 3.05) is 20.3 Å². The first-order valence-electron chi connectivity index (χ1n) is 9.86. The van der Waals surface area contributed by atoms with Crippen molar-refractivity contribution < 1.29 is 23.5 Å². The van der Waals surface area contributed by atoms with Crippen LogP contribution in [0, 0.1) is 5.82 Å². The zero-order valence-corrected chi connectivity index (χ0v) is 17.3. The van der Waals surface area contributed by atoms with Gasteiger partial charge in [-0.25, -0.2) is 14.0 Å². The minimum Gasteiger partial charge on any atom is -0.487 e. The van der Waals surface area contributed by atoms with Gasteiger partial charge in [-0.05, 0) is 48.7 Å². The molecule has 0 unspecified atom stereocenters. The number of hydrogen-bond acceptors (Lipinski definition) is 4. The quantitative estimate of drug-likeness (QED) is 0.699. The molecule has 158 valence electrons. The molecule has 0 aliphatic carbocycles. The van der Waals surface area contributed by atoms with Crippen LogP contribution in [0.5, 0.6) is 5.75 Å². The Morgan fingerprint density at radius 1 is 1.17 bits per heavy atom. The highest BCUT2D eigenvalue weighted by Gasteiger charge is 2.37. The first-order chi connectivity index (χ1) is 14.4. The number of halogens is 1. The lowest BCUT2D eigenvalue weighted by Gasteiger charge is -2.34. The molecule has 1 N–H and O–H groups in total. The lowest BCUT2D eigenvalue weighted by atomic mass is 9.94. The van der Waals surface area contributed by atoms with E-state index >= 15 is 0 Å².